The van der Waals surface area contributed by atoms with E-state index in [0.29, 0.717) is 5.69 Å². The molecule has 0 fully saturated rings. The monoisotopic (exact) mass is 215 g/mol. The number of hydrogen-bond donors (Lipinski definition) is 1. The summed E-state index contributed by atoms with van der Waals surface area (Å²) in [7, 11) is 0. The van der Waals surface area contributed by atoms with E-state index in [1.807, 2.05) is 0 Å². The minimum atomic E-state index is -0.386. The van der Waals surface area contributed by atoms with Crippen molar-refractivity contribution in [1.82, 2.24) is 4.98 Å². The Morgan fingerprint density at radius 3 is 2.82 bits per heavy atom. The summed E-state index contributed by atoms with van der Waals surface area (Å²) < 4.78 is 0. The molecule has 58 valence electrons. The second-order valence-electron chi connectivity index (χ2n) is 1.98. The number of aromatic nitrogens is 1. The minimum Gasteiger partial charge on any atom is -0.506 e. The van der Waals surface area contributed by atoms with Crippen LogP contribution in [0.3, 0.4) is 0 Å². The quantitative estimate of drug-likeness (QED) is 0.600. The molecule has 1 unspecified atom stereocenters. The molecule has 0 aliphatic carbocycles. The fraction of sp³-hybridized carbons (Fsp3) is 0.143. The topological polar surface area (TPSA) is 50.2 Å². The molecule has 4 heteroatoms. The Hall–Kier alpha value is -0.900. The second kappa shape index (κ2) is 3.48. The summed E-state index contributed by atoms with van der Waals surface area (Å²) in [5, 5.41) is 8.85. The predicted molar refractivity (Wildman–Crippen MR) is 43.6 cm³/mol. The van der Waals surface area contributed by atoms with E-state index < -0.39 is 0 Å². The molecule has 0 bridgehead atoms. The van der Waals surface area contributed by atoms with Crippen LogP contribution in [-0.2, 0) is 4.79 Å². The normalized spacial score (nSPS) is 12.5. The Morgan fingerprint density at radius 1 is 1.64 bits per heavy atom. The van der Waals surface area contributed by atoms with Gasteiger partial charge in [-0.2, -0.15) is 0 Å². The third-order valence-electron chi connectivity index (χ3n) is 1.17. The van der Waals surface area contributed by atoms with E-state index in [0.717, 1.165) is 6.29 Å². The largest absolute Gasteiger partial charge is 0.506 e. The third kappa shape index (κ3) is 2.01. The number of halogens is 1. The molecule has 11 heavy (non-hydrogen) atoms. The molecular weight excluding hydrogens is 210 g/mol. The summed E-state index contributed by atoms with van der Waals surface area (Å²) in [4.78, 5) is 13.7. The van der Waals surface area contributed by atoms with Crippen LogP contribution < -0.4 is 0 Å². The summed E-state index contributed by atoms with van der Waals surface area (Å²) in [6.45, 7) is 0. The van der Waals surface area contributed by atoms with E-state index in [-0.39, 0.29) is 10.6 Å². The maximum atomic E-state index is 10.2. The van der Waals surface area contributed by atoms with Crippen molar-refractivity contribution < 1.29 is 9.90 Å². The molecular formula is C7H6BrNO2. The van der Waals surface area contributed by atoms with Crippen LogP contribution in [0.1, 0.15) is 10.5 Å². The first-order valence-corrected chi connectivity index (χ1v) is 3.90. The maximum Gasteiger partial charge on any atom is 0.139 e. The van der Waals surface area contributed by atoms with Gasteiger partial charge in [0.15, 0.2) is 0 Å². The molecule has 1 N–H and O–H groups in total. The second-order valence-corrected chi connectivity index (χ2v) is 2.97. The lowest BCUT2D eigenvalue weighted by Crippen LogP contribution is -1.92. The molecule has 1 heterocycles. The molecule has 1 rings (SSSR count). The van der Waals surface area contributed by atoms with Crippen LogP contribution in [0.4, 0.5) is 0 Å². The Morgan fingerprint density at radius 2 is 2.36 bits per heavy atom. The lowest BCUT2D eigenvalue weighted by atomic mass is 10.3. The molecule has 0 radical (unpaired) electrons. The highest BCUT2D eigenvalue weighted by Gasteiger charge is 2.05. The Kier molecular flexibility index (Phi) is 2.59. The Balaban J connectivity index is 2.89. The van der Waals surface area contributed by atoms with E-state index in [1.54, 1.807) is 6.07 Å². The van der Waals surface area contributed by atoms with Crippen molar-refractivity contribution >= 4 is 22.2 Å². The van der Waals surface area contributed by atoms with Crippen molar-refractivity contribution in [3.05, 3.63) is 24.0 Å². The maximum absolute atomic E-state index is 10.2. The lowest BCUT2D eigenvalue weighted by Gasteiger charge is -1.99. The number of aromatic hydroxyl groups is 1. The highest BCUT2D eigenvalue weighted by molar-refractivity contribution is 9.09. The fourth-order valence-corrected chi connectivity index (χ4v) is 0.901. The minimum absolute atomic E-state index is 0.0966. The molecule has 0 aliphatic rings. The van der Waals surface area contributed by atoms with Crippen molar-refractivity contribution in [3.63, 3.8) is 0 Å². The van der Waals surface area contributed by atoms with Crippen LogP contribution in [0, 0.1) is 0 Å². The molecule has 0 aliphatic heterocycles. The van der Waals surface area contributed by atoms with Gasteiger partial charge in [-0.1, -0.05) is 15.9 Å². The lowest BCUT2D eigenvalue weighted by molar-refractivity contribution is -0.107. The summed E-state index contributed by atoms with van der Waals surface area (Å²) in [6.07, 6.45) is 2.03. The van der Waals surface area contributed by atoms with E-state index in [1.165, 1.54) is 12.3 Å². The van der Waals surface area contributed by atoms with Gasteiger partial charge in [-0.25, -0.2) is 0 Å². The van der Waals surface area contributed by atoms with E-state index in [4.69, 9.17) is 5.11 Å². The molecule has 0 aromatic carbocycles. The predicted octanol–water partition coefficient (Wildman–Crippen LogP) is 1.42. The standard InChI is InChI=1S/C7H6BrNO2/c8-6(4-10)7-2-1-5(11)3-9-7/h1-4,6,11H. The summed E-state index contributed by atoms with van der Waals surface area (Å²) in [5.74, 6) is 0.0966. The first-order chi connectivity index (χ1) is 5.24. The van der Waals surface area contributed by atoms with Gasteiger partial charge in [-0.3, -0.25) is 4.98 Å². The van der Waals surface area contributed by atoms with Gasteiger partial charge < -0.3 is 9.90 Å². The Labute approximate surface area is 72.2 Å². The van der Waals surface area contributed by atoms with Gasteiger partial charge in [0.25, 0.3) is 0 Å². The first-order valence-electron chi connectivity index (χ1n) is 2.98. The van der Waals surface area contributed by atoms with Crippen LogP contribution in [-0.4, -0.2) is 16.4 Å². The zero-order valence-corrected chi connectivity index (χ0v) is 7.15. The highest BCUT2D eigenvalue weighted by Crippen LogP contribution is 2.18. The van der Waals surface area contributed by atoms with Gasteiger partial charge in [0.2, 0.25) is 0 Å². The Bertz CT molecular complexity index is 247. The number of aldehydes is 1. The van der Waals surface area contributed by atoms with Crippen LogP contribution >= 0.6 is 15.9 Å². The summed E-state index contributed by atoms with van der Waals surface area (Å²) in [6, 6.07) is 3.07. The van der Waals surface area contributed by atoms with Crippen molar-refractivity contribution in [3.8, 4) is 5.75 Å². The number of hydrogen-bond acceptors (Lipinski definition) is 3. The van der Waals surface area contributed by atoms with Crippen LogP contribution in [0.25, 0.3) is 0 Å². The zero-order chi connectivity index (χ0) is 8.27. The number of rotatable bonds is 2. The summed E-state index contributed by atoms with van der Waals surface area (Å²) in [5.41, 5.74) is 0.595. The van der Waals surface area contributed by atoms with Crippen molar-refractivity contribution in [2.75, 3.05) is 0 Å². The molecule has 1 atom stereocenters. The van der Waals surface area contributed by atoms with Crippen molar-refractivity contribution in [1.29, 1.82) is 0 Å². The zero-order valence-electron chi connectivity index (χ0n) is 5.57. The number of pyridine rings is 1. The third-order valence-corrected chi connectivity index (χ3v) is 1.86. The molecule has 1 aromatic rings. The SMILES string of the molecule is O=CC(Br)c1ccc(O)cn1. The van der Waals surface area contributed by atoms with Crippen molar-refractivity contribution in [2.24, 2.45) is 0 Å². The van der Waals surface area contributed by atoms with Gasteiger partial charge in [-0.15, -0.1) is 0 Å². The fourth-order valence-electron chi connectivity index (χ4n) is 0.630. The number of carbonyl (C=O) groups is 1. The van der Waals surface area contributed by atoms with E-state index in [2.05, 4.69) is 20.9 Å². The smallest absolute Gasteiger partial charge is 0.139 e. The van der Waals surface area contributed by atoms with E-state index >= 15 is 0 Å². The molecule has 0 amide bonds. The van der Waals surface area contributed by atoms with Crippen LogP contribution in [0.5, 0.6) is 5.75 Å². The van der Waals surface area contributed by atoms with Crippen molar-refractivity contribution in [2.45, 2.75) is 4.83 Å². The first kappa shape index (κ1) is 8.20. The number of alkyl halides is 1. The van der Waals surface area contributed by atoms with Gasteiger partial charge in [0.05, 0.1) is 11.9 Å². The van der Waals surface area contributed by atoms with Crippen LogP contribution in [0.2, 0.25) is 0 Å². The molecule has 0 spiro atoms. The molecule has 1 aromatic heterocycles. The van der Waals surface area contributed by atoms with E-state index in [9.17, 15) is 4.79 Å². The average molecular weight is 216 g/mol. The average Bonchev–Trinajstić information content (AvgIpc) is 2.05. The van der Waals surface area contributed by atoms with Gasteiger partial charge in [0.1, 0.15) is 16.9 Å². The van der Waals surface area contributed by atoms with Gasteiger partial charge >= 0.3 is 0 Å². The van der Waals surface area contributed by atoms with Gasteiger partial charge in [0, 0.05) is 0 Å². The summed E-state index contributed by atoms with van der Waals surface area (Å²) >= 11 is 3.10. The molecule has 0 saturated carbocycles. The highest BCUT2D eigenvalue weighted by atomic mass is 79.9. The number of carbonyl (C=O) groups excluding carboxylic acids is 1. The molecule has 3 nitrogen and oxygen atoms in total. The molecule has 0 saturated heterocycles. The number of nitrogens with zero attached hydrogens (tertiary/aromatic N) is 1. The van der Waals surface area contributed by atoms with Gasteiger partial charge in [-0.05, 0) is 12.1 Å². The van der Waals surface area contributed by atoms with Crippen LogP contribution in [0.15, 0.2) is 18.3 Å².